The van der Waals surface area contributed by atoms with Crippen LogP contribution in [0.4, 0.5) is 0 Å². The molecule has 4 heteroatoms. The summed E-state index contributed by atoms with van der Waals surface area (Å²) in [5.74, 6) is 0.693. The normalized spacial score (nSPS) is 10.4. The first-order valence-electron chi connectivity index (χ1n) is 5.63. The second kappa shape index (κ2) is 4.33. The van der Waals surface area contributed by atoms with Gasteiger partial charge in [0.1, 0.15) is 0 Å². The van der Waals surface area contributed by atoms with Crippen LogP contribution in [0.1, 0.15) is 0 Å². The van der Waals surface area contributed by atoms with Gasteiger partial charge in [0.05, 0.1) is 5.69 Å². The van der Waals surface area contributed by atoms with Crippen molar-refractivity contribution in [3.8, 4) is 17.1 Å². The molecule has 2 aromatic heterocycles. The average molecular weight is 237 g/mol. The Bertz CT molecular complexity index is 639. The number of pyridine rings is 1. The summed E-state index contributed by atoms with van der Waals surface area (Å²) in [5.41, 5.74) is 1.64. The average Bonchev–Trinajstić information content (AvgIpc) is 2.83. The van der Waals surface area contributed by atoms with Gasteiger partial charge in [0, 0.05) is 17.8 Å². The van der Waals surface area contributed by atoms with Crippen molar-refractivity contribution in [3.05, 3.63) is 71.1 Å². The van der Waals surface area contributed by atoms with Crippen LogP contribution in [-0.2, 0) is 0 Å². The van der Waals surface area contributed by atoms with Crippen LogP contribution in [0.15, 0.2) is 65.6 Å². The smallest absolute Gasteiger partial charge is 0.265 e. The number of rotatable bonds is 2. The van der Waals surface area contributed by atoms with E-state index in [2.05, 4.69) is 10.1 Å². The lowest BCUT2D eigenvalue weighted by molar-refractivity contribution is 0.840. The van der Waals surface area contributed by atoms with Gasteiger partial charge in [-0.05, 0) is 12.1 Å². The number of hydrogen-bond acceptors (Lipinski definition) is 2. The van der Waals surface area contributed by atoms with Gasteiger partial charge in [-0.15, -0.1) is 0 Å². The number of aromatic nitrogens is 3. The third-order valence-corrected chi connectivity index (χ3v) is 2.68. The summed E-state index contributed by atoms with van der Waals surface area (Å²) in [6, 6.07) is 16.9. The lowest BCUT2D eigenvalue weighted by Crippen LogP contribution is -2.05. The SMILES string of the molecule is O=c1cc(-c2ccccc2)n(-c2ccccn2)[nH]1. The molecule has 0 saturated heterocycles. The van der Waals surface area contributed by atoms with Crippen molar-refractivity contribution < 1.29 is 0 Å². The highest BCUT2D eigenvalue weighted by molar-refractivity contribution is 5.60. The first-order chi connectivity index (χ1) is 8.84. The fourth-order valence-electron chi connectivity index (χ4n) is 1.88. The molecule has 0 aliphatic heterocycles. The molecule has 3 rings (SSSR count). The van der Waals surface area contributed by atoms with Gasteiger partial charge < -0.3 is 0 Å². The van der Waals surface area contributed by atoms with Crippen LogP contribution in [0, 0.1) is 0 Å². The molecule has 0 aliphatic rings. The molecule has 0 unspecified atom stereocenters. The van der Waals surface area contributed by atoms with Gasteiger partial charge in [-0.25, -0.2) is 9.67 Å². The Balaban J connectivity index is 2.21. The predicted octanol–water partition coefficient (Wildman–Crippen LogP) is 2.23. The van der Waals surface area contributed by atoms with Crippen LogP contribution in [0.3, 0.4) is 0 Å². The minimum Gasteiger partial charge on any atom is -0.268 e. The zero-order valence-corrected chi connectivity index (χ0v) is 9.58. The fourth-order valence-corrected chi connectivity index (χ4v) is 1.88. The standard InChI is InChI=1S/C14H11N3O/c18-14-10-12(11-6-2-1-3-7-11)17(16-14)13-8-4-5-9-15-13/h1-10H,(H,16,18). The molecular formula is C14H11N3O. The first kappa shape index (κ1) is 10.5. The minimum absolute atomic E-state index is 0.139. The van der Waals surface area contributed by atoms with Crippen molar-refractivity contribution in [2.24, 2.45) is 0 Å². The van der Waals surface area contributed by atoms with E-state index in [1.165, 1.54) is 0 Å². The molecule has 1 aromatic carbocycles. The Morgan fingerprint density at radius 2 is 1.78 bits per heavy atom. The van der Waals surface area contributed by atoms with Gasteiger partial charge in [0.25, 0.3) is 5.56 Å². The lowest BCUT2D eigenvalue weighted by Gasteiger charge is -2.06. The van der Waals surface area contributed by atoms with E-state index in [4.69, 9.17) is 0 Å². The highest BCUT2D eigenvalue weighted by Crippen LogP contribution is 2.19. The highest BCUT2D eigenvalue weighted by Gasteiger charge is 2.08. The Labute approximate surface area is 104 Å². The van der Waals surface area contributed by atoms with Crippen LogP contribution >= 0.6 is 0 Å². The van der Waals surface area contributed by atoms with E-state index >= 15 is 0 Å². The molecule has 4 nitrogen and oxygen atoms in total. The molecule has 0 amide bonds. The van der Waals surface area contributed by atoms with Crippen LogP contribution in [0.2, 0.25) is 0 Å². The molecule has 0 spiro atoms. The number of benzene rings is 1. The summed E-state index contributed by atoms with van der Waals surface area (Å²) >= 11 is 0. The molecule has 0 atom stereocenters. The predicted molar refractivity (Wildman–Crippen MR) is 69.6 cm³/mol. The number of nitrogens with one attached hydrogen (secondary N) is 1. The molecule has 0 fully saturated rings. The van der Waals surface area contributed by atoms with Crippen LogP contribution in [0.25, 0.3) is 17.1 Å². The van der Waals surface area contributed by atoms with Gasteiger partial charge in [0.15, 0.2) is 5.82 Å². The second-order valence-corrected chi connectivity index (χ2v) is 3.90. The Morgan fingerprint density at radius 1 is 1.00 bits per heavy atom. The van der Waals surface area contributed by atoms with E-state index in [1.54, 1.807) is 16.9 Å². The molecule has 0 aliphatic carbocycles. The van der Waals surface area contributed by atoms with Crippen LogP contribution < -0.4 is 5.56 Å². The summed E-state index contributed by atoms with van der Waals surface area (Å²) in [7, 11) is 0. The first-order valence-corrected chi connectivity index (χ1v) is 5.63. The monoisotopic (exact) mass is 237 g/mol. The molecule has 1 N–H and O–H groups in total. The van der Waals surface area contributed by atoms with Crippen molar-refractivity contribution in [1.29, 1.82) is 0 Å². The van der Waals surface area contributed by atoms with E-state index in [-0.39, 0.29) is 5.56 Å². The Hall–Kier alpha value is -2.62. The zero-order valence-electron chi connectivity index (χ0n) is 9.58. The molecular weight excluding hydrogens is 226 g/mol. The van der Waals surface area contributed by atoms with Crippen LogP contribution in [0.5, 0.6) is 0 Å². The van der Waals surface area contributed by atoms with E-state index in [1.807, 2.05) is 48.5 Å². The molecule has 0 radical (unpaired) electrons. The van der Waals surface area contributed by atoms with E-state index in [0.29, 0.717) is 5.82 Å². The van der Waals surface area contributed by atoms with Crippen molar-refractivity contribution in [3.63, 3.8) is 0 Å². The van der Waals surface area contributed by atoms with Crippen molar-refractivity contribution in [1.82, 2.24) is 14.8 Å². The number of nitrogens with zero attached hydrogens (tertiary/aromatic N) is 2. The maximum absolute atomic E-state index is 11.6. The van der Waals surface area contributed by atoms with Crippen molar-refractivity contribution in [2.75, 3.05) is 0 Å². The molecule has 0 saturated carbocycles. The maximum Gasteiger partial charge on any atom is 0.265 e. The Morgan fingerprint density at radius 3 is 2.50 bits per heavy atom. The van der Waals surface area contributed by atoms with Gasteiger partial charge >= 0.3 is 0 Å². The van der Waals surface area contributed by atoms with Gasteiger partial charge in [0.2, 0.25) is 0 Å². The second-order valence-electron chi connectivity index (χ2n) is 3.90. The fraction of sp³-hybridized carbons (Fsp3) is 0. The number of H-pyrrole nitrogens is 1. The highest BCUT2D eigenvalue weighted by atomic mass is 16.1. The summed E-state index contributed by atoms with van der Waals surface area (Å²) in [5, 5.41) is 2.76. The molecule has 18 heavy (non-hydrogen) atoms. The van der Waals surface area contributed by atoms with E-state index < -0.39 is 0 Å². The summed E-state index contributed by atoms with van der Waals surface area (Å²) in [6.07, 6.45) is 1.70. The topological polar surface area (TPSA) is 50.7 Å². The van der Waals surface area contributed by atoms with E-state index in [0.717, 1.165) is 11.3 Å². The Kier molecular flexibility index (Phi) is 2.53. The van der Waals surface area contributed by atoms with Crippen LogP contribution in [-0.4, -0.2) is 14.8 Å². The quantitative estimate of drug-likeness (QED) is 0.743. The zero-order chi connectivity index (χ0) is 12.4. The summed E-state index contributed by atoms with van der Waals surface area (Å²) in [4.78, 5) is 15.8. The molecule has 0 bridgehead atoms. The summed E-state index contributed by atoms with van der Waals surface area (Å²) < 4.78 is 1.69. The summed E-state index contributed by atoms with van der Waals surface area (Å²) in [6.45, 7) is 0. The van der Waals surface area contributed by atoms with Crippen molar-refractivity contribution >= 4 is 0 Å². The van der Waals surface area contributed by atoms with E-state index in [9.17, 15) is 4.79 Å². The third-order valence-electron chi connectivity index (χ3n) is 2.68. The van der Waals surface area contributed by atoms with Gasteiger partial charge in [-0.1, -0.05) is 36.4 Å². The maximum atomic E-state index is 11.6. The van der Waals surface area contributed by atoms with Crippen molar-refractivity contribution in [2.45, 2.75) is 0 Å². The van der Waals surface area contributed by atoms with Gasteiger partial charge in [-0.2, -0.15) is 0 Å². The molecule has 88 valence electrons. The van der Waals surface area contributed by atoms with Gasteiger partial charge in [-0.3, -0.25) is 9.89 Å². The number of aromatic amines is 1. The third kappa shape index (κ3) is 1.84. The molecule has 2 heterocycles. The molecule has 3 aromatic rings. The minimum atomic E-state index is -0.139. The largest absolute Gasteiger partial charge is 0.268 e. The number of hydrogen-bond donors (Lipinski definition) is 1. The lowest BCUT2D eigenvalue weighted by atomic mass is 10.1.